The van der Waals surface area contributed by atoms with Gasteiger partial charge in [0.15, 0.2) is 0 Å². The van der Waals surface area contributed by atoms with E-state index in [1.54, 1.807) is 6.07 Å². The largest absolute Gasteiger partial charge is 0.237 e. The van der Waals surface area contributed by atoms with E-state index >= 15 is 0 Å². The summed E-state index contributed by atoms with van der Waals surface area (Å²) in [7, 11) is 0. The van der Waals surface area contributed by atoms with Gasteiger partial charge in [0.25, 0.3) is 0 Å². The van der Waals surface area contributed by atoms with Crippen molar-refractivity contribution >= 4 is 10.9 Å². The van der Waals surface area contributed by atoms with Crippen molar-refractivity contribution in [1.82, 2.24) is 4.98 Å². The molecule has 2 nitrogen and oxygen atoms in total. The lowest BCUT2D eigenvalue weighted by Crippen LogP contribution is -1.93. The highest BCUT2D eigenvalue weighted by atomic mass is 14.7. The molecule has 0 saturated heterocycles. The minimum absolute atomic E-state index is 0.466. The van der Waals surface area contributed by atoms with Gasteiger partial charge in [0.1, 0.15) is 11.8 Å². The molecule has 19 heavy (non-hydrogen) atoms. The van der Waals surface area contributed by atoms with Crippen molar-refractivity contribution in [1.29, 1.82) is 5.26 Å². The van der Waals surface area contributed by atoms with Gasteiger partial charge >= 0.3 is 0 Å². The van der Waals surface area contributed by atoms with Crippen molar-refractivity contribution in [2.45, 2.75) is 6.42 Å². The van der Waals surface area contributed by atoms with Crippen molar-refractivity contribution in [2.24, 2.45) is 0 Å². The van der Waals surface area contributed by atoms with Crippen molar-refractivity contribution in [2.75, 3.05) is 0 Å². The second-order valence-corrected chi connectivity index (χ2v) is 4.46. The fourth-order valence-corrected chi connectivity index (χ4v) is 2.23. The average molecular weight is 244 g/mol. The molecule has 0 atom stereocenters. The van der Waals surface area contributed by atoms with Gasteiger partial charge in [-0.1, -0.05) is 48.5 Å². The Morgan fingerprint density at radius 2 is 1.74 bits per heavy atom. The molecule has 0 N–H and O–H groups in total. The minimum Gasteiger partial charge on any atom is -0.237 e. The van der Waals surface area contributed by atoms with E-state index in [4.69, 9.17) is 5.26 Å². The molecule has 0 bridgehead atoms. The summed E-state index contributed by atoms with van der Waals surface area (Å²) in [5.74, 6) is 0. The number of nitrogens with zero attached hydrogens (tertiary/aromatic N) is 2. The topological polar surface area (TPSA) is 36.7 Å². The molecule has 1 heterocycles. The average Bonchev–Trinajstić information content (AvgIpc) is 2.48. The summed E-state index contributed by atoms with van der Waals surface area (Å²) in [6, 6.07) is 22.2. The number of aromatic nitrogens is 1. The van der Waals surface area contributed by atoms with Gasteiger partial charge < -0.3 is 0 Å². The Bertz CT molecular complexity index is 755. The minimum atomic E-state index is 0.466. The van der Waals surface area contributed by atoms with E-state index in [9.17, 15) is 0 Å². The molecule has 0 aliphatic rings. The van der Waals surface area contributed by atoms with Crippen LogP contribution >= 0.6 is 0 Å². The summed E-state index contributed by atoms with van der Waals surface area (Å²) >= 11 is 0. The van der Waals surface area contributed by atoms with E-state index in [0.29, 0.717) is 5.69 Å². The molecular weight excluding hydrogens is 232 g/mol. The summed E-state index contributed by atoms with van der Waals surface area (Å²) in [6.07, 6.45) is 0.833. The summed E-state index contributed by atoms with van der Waals surface area (Å²) in [4.78, 5) is 4.43. The summed E-state index contributed by atoms with van der Waals surface area (Å²) in [6.45, 7) is 0. The van der Waals surface area contributed by atoms with Crippen LogP contribution in [0.1, 0.15) is 16.8 Å². The predicted molar refractivity (Wildman–Crippen MR) is 75.7 cm³/mol. The SMILES string of the molecule is N#Cc1ccc2cccc(Cc3ccccc3)c2n1. The first-order valence-corrected chi connectivity index (χ1v) is 6.19. The van der Waals surface area contributed by atoms with Crippen LogP contribution in [0.25, 0.3) is 10.9 Å². The number of fused-ring (bicyclic) bond motifs is 1. The quantitative estimate of drug-likeness (QED) is 0.689. The van der Waals surface area contributed by atoms with E-state index in [2.05, 4.69) is 29.3 Å². The van der Waals surface area contributed by atoms with Gasteiger partial charge in [-0.2, -0.15) is 5.26 Å². The molecule has 0 aliphatic heterocycles. The zero-order valence-corrected chi connectivity index (χ0v) is 10.4. The molecule has 3 aromatic rings. The van der Waals surface area contributed by atoms with Gasteiger partial charge in [-0.15, -0.1) is 0 Å². The number of benzene rings is 2. The van der Waals surface area contributed by atoms with Crippen LogP contribution in [0, 0.1) is 11.3 Å². The monoisotopic (exact) mass is 244 g/mol. The van der Waals surface area contributed by atoms with Crippen molar-refractivity contribution in [3.05, 3.63) is 77.5 Å². The van der Waals surface area contributed by atoms with Crippen LogP contribution in [0.3, 0.4) is 0 Å². The molecule has 2 aromatic carbocycles. The number of nitriles is 1. The number of hydrogen-bond donors (Lipinski definition) is 0. The highest BCUT2D eigenvalue weighted by Crippen LogP contribution is 2.20. The van der Waals surface area contributed by atoms with Crippen LogP contribution in [0.15, 0.2) is 60.7 Å². The standard InChI is InChI=1S/C17H12N2/c18-12-16-10-9-14-7-4-8-15(17(14)19-16)11-13-5-2-1-3-6-13/h1-10H,11H2. The number of hydrogen-bond acceptors (Lipinski definition) is 2. The van der Waals surface area contributed by atoms with Crippen molar-refractivity contribution in [3.8, 4) is 6.07 Å². The molecule has 0 fully saturated rings. The number of rotatable bonds is 2. The fourth-order valence-electron chi connectivity index (χ4n) is 2.23. The Morgan fingerprint density at radius 3 is 2.53 bits per heavy atom. The smallest absolute Gasteiger partial charge is 0.141 e. The van der Waals surface area contributed by atoms with Gasteiger partial charge in [-0.3, -0.25) is 0 Å². The molecule has 2 heteroatoms. The number of pyridine rings is 1. The highest BCUT2D eigenvalue weighted by molar-refractivity contribution is 5.82. The van der Waals surface area contributed by atoms with Crippen LogP contribution < -0.4 is 0 Å². The maximum Gasteiger partial charge on any atom is 0.141 e. The molecule has 0 aliphatic carbocycles. The Labute approximate surface area is 112 Å². The van der Waals surface area contributed by atoms with E-state index in [0.717, 1.165) is 22.9 Å². The summed E-state index contributed by atoms with van der Waals surface area (Å²) < 4.78 is 0. The van der Waals surface area contributed by atoms with Crippen LogP contribution in [0.2, 0.25) is 0 Å². The van der Waals surface area contributed by atoms with Gasteiger partial charge in [0, 0.05) is 5.39 Å². The molecule has 0 spiro atoms. The molecule has 0 unspecified atom stereocenters. The Hall–Kier alpha value is -2.66. The maximum absolute atomic E-state index is 8.97. The molecule has 0 saturated carbocycles. The van der Waals surface area contributed by atoms with Gasteiger partial charge in [0.05, 0.1) is 5.52 Å². The zero-order chi connectivity index (χ0) is 13.1. The van der Waals surface area contributed by atoms with Gasteiger partial charge in [-0.25, -0.2) is 4.98 Å². The normalized spacial score (nSPS) is 10.3. The van der Waals surface area contributed by atoms with E-state index in [-0.39, 0.29) is 0 Å². The number of para-hydroxylation sites is 1. The molecule has 1 aromatic heterocycles. The molecule has 0 amide bonds. The van der Waals surface area contributed by atoms with Crippen LogP contribution in [0.4, 0.5) is 0 Å². The van der Waals surface area contributed by atoms with E-state index in [1.165, 1.54) is 5.56 Å². The van der Waals surface area contributed by atoms with E-state index < -0.39 is 0 Å². The van der Waals surface area contributed by atoms with Crippen LogP contribution in [-0.4, -0.2) is 4.98 Å². The van der Waals surface area contributed by atoms with Crippen LogP contribution in [0.5, 0.6) is 0 Å². The lowest BCUT2D eigenvalue weighted by atomic mass is 10.0. The zero-order valence-electron chi connectivity index (χ0n) is 10.4. The third-order valence-electron chi connectivity index (χ3n) is 3.16. The first-order chi connectivity index (χ1) is 9.36. The predicted octanol–water partition coefficient (Wildman–Crippen LogP) is 3.70. The van der Waals surface area contributed by atoms with Gasteiger partial charge in [0.2, 0.25) is 0 Å². The Kier molecular flexibility index (Phi) is 2.96. The highest BCUT2D eigenvalue weighted by Gasteiger charge is 2.04. The molecular formula is C17H12N2. The van der Waals surface area contributed by atoms with Crippen molar-refractivity contribution < 1.29 is 0 Å². The Morgan fingerprint density at radius 1 is 0.895 bits per heavy atom. The van der Waals surface area contributed by atoms with Gasteiger partial charge in [-0.05, 0) is 29.7 Å². The van der Waals surface area contributed by atoms with Crippen molar-refractivity contribution in [3.63, 3.8) is 0 Å². The summed E-state index contributed by atoms with van der Waals surface area (Å²) in [5, 5.41) is 10.0. The maximum atomic E-state index is 8.97. The third kappa shape index (κ3) is 2.31. The molecule has 3 rings (SSSR count). The lowest BCUT2D eigenvalue weighted by Gasteiger charge is -2.06. The molecule has 0 radical (unpaired) electrons. The molecule has 90 valence electrons. The third-order valence-corrected chi connectivity index (χ3v) is 3.16. The second kappa shape index (κ2) is 4.91. The lowest BCUT2D eigenvalue weighted by molar-refractivity contribution is 1.19. The summed E-state index contributed by atoms with van der Waals surface area (Å²) in [5.41, 5.74) is 3.79. The fraction of sp³-hybridized carbons (Fsp3) is 0.0588. The Balaban J connectivity index is 2.11. The second-order valence-electron chi connectivity index (χ2n) is 4.46. The van der Waals surface area contributed by atoms with Crippen LogP contribution in [-0.2, 0) is 6.42 Å². The van der Waals surface area contributed by atoms with E-state index in [1.807, 2.05) is 36.4 Å². The first kappa shape index (κ1) is 11.4. The first-order valence-electron chi connectivity index (χ1n) is 6.19.